The Morgan fingerprint density at radius 3 is 1.83 bits per heavy atom. The van der Waals surface area contributed by atoms with E-state index in [1.807, 2.05) is 17.4 Å². The van der Waals surface area contributed by atoms with Crippen LogP contribution >= 0.6 is 11.3 Å². The van der Waals surface area contributed by atoms with Gasteiger partial charge in [0.2, 0.25) is 0 Å². The van der Waals surface area contributed by atoms with Crippen LogP contribution < -0.4 is 0 Å². The van der Waals surface area contributed by atoms with Crippen molar-refractivity contribution >= 4 is 53.1 Å². The second-order valence-corrected chi connectivity index (χ2v) is 13.1. The normalized spacial score (nSPS) is 11.4. The van der Waals surface area contributed by atoms with E-state index in [-0.39, 0.29) is 0 Å². The summed E-state index contributed by atoms with van der Waals surface area (Å²) in [6.07, 6.45) is 0. The van der Waals surface area contributed by atoms with Crippen molar-refractivity contribution in [2.45, 2.75) is 0 Å². The zero-order valence-corrected chi connectivity index (χ0v) is 26.3. The van der Waals surface area contributed by atoms with Crippen LogP contribution in [0.1, 0.15) is 5.56 Å². The second-order valence-electron chi connectivity index (χ2n) is 12.0. The maximum Gasteiger partial charge on any atom is 0.0998 e. The van der Waals surface area contributed by atoms with Crippen molar-refractivity contribution in [1.29, 1.82) is 5.26 Å². The molecule has 0 aliphatic carbocycles. The molecule has 9 aromatic rings. The summed E-state index contributed by atoms with van der Waals surface area (Å²) in [5.74, 6) is 0. The first-order valence-electron chi connectivity index (χ1n) is 15.8. The molecule has 2 heteroatoms. The zero-order valence-electron chi connectivity index (χ0n) is 25.4. The van der Waals surface area contributed by atoms with Crippen molar-refractivity contribution in [3.63, 3.8) is 0 Å². The quantitative estimate of drug-likeness (QED) is 0.181. The first-order valence-corrected chi connectivity index (χ1v) is 16.6. The van der Waals surface area contributed by atoms with Gasteiger partial charge in [0.25, 0.3) is 0 Å². The van der Waals surface area contributed by atoms with Crippen molar-refractivity contribution in [3.05, 3.63) is 169 Å². The molecule has 0 atom stereocenters. The molecule has 47 heavy (non-hydrogen) atoms. The van der Waals surface area contributed by atoms with Gasteiger partial charge in [0.15, 0.2) is 0 Å². The largest absolute Gasteiger partial charge is 0.192 e. The van der Waals surface area contributed by atoms with Gasteiger partial charge in [-0.2, -0.15) is 5.26 Å². The fraction of sp³-hybridized carbons (Fsp3) is 0. The van der Waals surface area contributed by atoms with Crippen LogP contribution in [0.25, 0.3) is 86.2 Å². The van der Waals surface area contributed by atoms with E-state index < -0.39 is 0 Å². The third-order valence-electron chi connectivity index (χ3n) is 9.33. The molecular weight excluding hydrogens is 587 g/mol. The van der Waals surface area contributed by atoms with Gasteiger partial charge in [-0.3, -0.25) is 0 Å². The number of rotatable bonds is 4. The van der Waals surface area contributed by atoms with Gasteiger partial charge < -0.3 is 0 Å². The number of hydrogen-bond donors (Lipinski definition) is 0. The van der Waals surface area contributed by atoms with E-state index >= 15 is 0 Å². The first-order chi connectivity index (χ1) is 23.2. The average Bonchev–Trinajstić information content (AvgIpc) is 3.53. The Morgan fingerprint density at radius 2 is 1.00 bits per heavy atom. The topological polar surface area (TPSA) is 23.8 Å². The monoisotopic (exact) mass is 613 g/mol. The molecular formula is C45H27NS. The highest BCUT2D eigenvalue weighted by Gasteiger charge is 2.14. The highest BCUT2D eigenvalue weighted by atomic mass is 32.1. The van der Waals surface area contributed by atoms with E-state index in [1.165, 1.54) is 53.0 Å². The van der Waals surface area contributed by atoms with E-state index in [2.05, 4.69) is 164 Å². The number of nitriles is 1. The molecule has 1 heterocycles. The van der Waals surface area contributed by atoms with Crippen LogP contribution in [0.5, 0.6) is 0 Å². The number of nitrogens with zero attached hydrogens (tertiary/aromatic N) is 1. The van der Waals surface area contributed by atoms with Gasteiger partial charge >= 0.3 is 0 Å². The molecule has 0 aliphatic rings. The van der Waals surface area contributed by atoms with Gasteiger partial charge in [-0.1, -0.05) is 140 Å². The van der Waals surface area contributed by atoms with Crippen LogP contribution in [0.4, 0.5) is 0 Å². The minimum Gasteiger partial charge on any atom is -0.192 e. The van der Waals surface area contributed by atoms with Gasteiger partial charge in [-0.05, 0) is 84.8 Å². The summed E-state index contributed by atoms with van der Waals surface area (Å²) in [5.41, 5.74) is 9.65. The van der Waals surface area contributed by atoms with Crippen LogP contribution in [-0.4, -0.2) is 0 Å². The Morgan fingerprint density at radius 1 is 0.383 bits per heavy atom. The lowest BCUT2D eigenvalue weighted by Crippen LogP contribution is -1.90. The smallest absolute Gasteiger partial charge is 0.0998 e. The van der Waals surface area contributed by atoms with Crippen LogP contribution in [-0.2, 0) is 0 Å². The predicted molar refractivity (Wildman–Crippen MR) is 201 cm³/mol. The van der Waals surface area contributed by atoms with Crippen molar-refractivity contribution in [3.8, 4) is 50.6 Å². The molecule has 0 aliphatic heterocycles. The molecule has 0 spiro atoms. The highest BCUT2D eigenvalue weighted by Crippen LogP contribution is 2.41. The summed E-state index contributed by atoms with van der Waals surface area (Å²) in [7, 11) is 0. The standard InChI is InChI=1S/C45H27NS/c46-28-35-26-33(23-24-37(35)43-27-34-9-1-2-12-36(34)39-13-3-4-14-40(39)43)32-11-7-10-31(25-32)29-19-21-30(22-20-29)38-16-8-17-42-41-15-5-6-18-44(41)47-45(38)42/h1-27H. The van der Waals surface area contributed by atoms with E-state index in [0.29, 0.717) is 5.56 Å². The lowest BCUT2D eigenvalue weighted by molar-refractivity contribution is 1.48. The lowest BCUT2D eigenvalue weighted by atomic mass is 9.89. The molecule has 1 nitrogen and oxygen atoms in total. The Bertz CT molecular complexity index is 2690. The third-order valence-corrected chi connectivity index (χ3v) is 10.5. The predicted octanol–water partition coefficient (Wildman–Crippen LogP) is 12.9. The fourth-order valence-corrected chi connectivity index (χ4v) is 8.26. The molecule has 0 amide bonds. The summed E-state index contributed by atoms with van der Waals surface area (Å²) < 4.78 is 2.65. The van der Waals surface area contributed by atoms with E-state index in [1.54, 1.807) is 0 Å². The SMILES string of the molecule is N#Cc1cc(-c2cccc(-c3ccc(-c4cccc5c4sc4ccccc45)cc3)c2)ccc1-c1cc2ccccc2c2ccccc12. The maximum atomic E-state index is 10.3. The van der Waals surface area contributed by atoms with Crippen molar-refractivity contribution in [1.82, 2.24) is 0 Å². The van der Waals surface area contributed by atoms with Gasteiger partial charge in [0, 0.05) is 25.7 Å². The van der Waals surface area contributed by atoms with Gasteiger partial charge in [0.05, 0.1) is 11.6 Å². The molecule has 0 saturated carbocycles. The molecule has 8 aromatic carbocycles. The van der Waals surface area contributed by atoms with E-state index in [9.17, 15) is 5.26 Å². The fourth-order valence-electron chi connectivity index (χ4n) is 7.02. The molecule has 0 bridgehead atoms. The third kappa shape index (κ3) is 4.60. The molecule has 0 N–H and O–H groups in total. The van der Waals surface area contributed by atoms with Gasteiger partial charge in [-0.25, -0.2) is 0 Å². The van der Waals surface area contributed by atoms with E-state index in [0.717, 1.165) is 33.2 Å². The minimum atomic E-state index is 0.674. The summed E-state index contributed by atoms with van der Waals surface area (Å²) in [6, 6.07) is 60.8. The number of benzene rings is 8. The number of thiophene rings is 1. The van der Waals surface area contributed by atoms with Crippen molar-refractivity contribution in [2.24, 2.45) is 0 Å². The van der Waals surface area contributed by atoms with Crippen LogP contribution in [0, 0.1) is 11.3 Å². The molecule has 1 aromatic heterocycles. The van der Waals surface area contributed by atoms with E-state index in [4.69, 9.17) is 0 Å². The summed E-state index contributed by atoms with van der Waals surface area (Å²) in [6.45, 7) is 0. The highest BCUT2D eigenvalue weighted by molar-refractivity contribution is 7.26. The average molecular weight is 614 g/mol. The van der Waals surface area contributed by atoms with Crippen LogP contribution in [0.3, 0.4) is 0 Å². The number of hydrogen-bond acceptors (Lipinski definition) is 2. The summed E-state index contributed by atoms with van der Waals surface area (Å²) in [5, 5.41) is 17.7. The lowest BCUT2D eigenvalue weighted by Gasteiger charge is -2.14. The number of fused-ring (bicyclic) bond motifs is 6. The molecule has 9 rings (SSSR count). The molecule has 0 radical (unpaired) electrons. The summed E-state index contributed by atoms with van der Waals surface area (Å²) in [4.78, 5) is 0. The minimum absolute atomic E-state index is 0.674. The summed E-state index contributed by atoms with van der Waals surface area (Å²) >= 11 is 1.86. The Labute approximate surface area is 277 Å². The maximum absolute atomic E-state index is 10.3. The van der Waals surface area contributed by atoms with Crippen molar-refractivity contribution in [2.75, 3.05) is 0 Å². The van der Waals surface area contributed by atoms with Gasteiger partial charge in [-0.15, -0.1) is 11.3 Å². The van der Waals surface area contributed by atoms with Crippen molar-refractivity contribution < 1.29 is 0 Å². The Kier molecular flexibility index (Phi) is 6.45. The molecule has 0 saturated heterocycles. The van der Waals surface area contributed by atoms with Crippen LogP contribution in [0.2, 0.25) is 0 Å². The molecule has 218 valence electrons. The van der Waals surface area contributed by atoms with Crippen LogP contribution in [0.15, 0.2) is 164 Å². The Balaban J connectivity index is 1.07. The van der Waals surface area contributed by atoms with Gasteiger partial charge in [0.1, 0.15) is 0 Å². The molecule has 0 unspecified atom stereocenters. The second kappa shape index (κ2) is 11.1. The zero-order chi connectivity index (χ0) is 31.3. The first kappa shape index (κ1) is 27.3. The molecule has 0 fully saturated rings. The Hall–Kier alpha value is -6.01.